The van der Waals surface area contributed by atoms with Gasteiger partial charge < -0.3 is 10.7 Å². The van der Waals surface area contributed by atoms with Crippen LogP contribution < -0.4 is 5.73 Å². The van der Waals surface area contributed by atoms with Crippen LogP contribution in [0.25, 0.3) is 10.9 Å². The lowest BCUT2D eigenvalue weighted by molar-refractivity contribution is 0.104. The average molecular weight is 268 g/mol. The lowest BCUT2D eigenvalue weighted by atomic mass is 10.0. The molecule has 3 rings (SSSR count). The van der Waals surface area contributed by atoms with E-state index < -0.39 is 0 Å². The van der Waals surface area contributed by atoms with Gasteiger partial charge in [0, 0.05) is 33.9 Å². The molecule has 0 aliphatic carbocycles. The zero-order valence-corrected chi connectivity index (χ0v) is 10.9. The Labute approximate surface area is 115 Å². The smallest absolute Gasteiger partial charge is 0.195 e. The summed E-state index contributed by atoms with van der Waals surface area (Å²) in [6.45, 7) is 1.89. The number of benzene rings is 2. The number of aromatic nitrogens is 1. The Morgan fingerprint density at radius 1 is 1.20 bits per heavy atom. The molecule has 0 fully saturated rings. The van der Waals surface area contributed by atoms with Crippen molar-refractivity contribution in [3.8, 4) is 0 Å². The topological polar surface area (TPSA) is 58.9 Å². The van der Waals surface area contributed by atoms with E-state index >= 15 is 0 Å². The Balaban J connectivity index is 2.10. The number of carbonyl (C=O) groups excluding carboxylic acids is 1. The van der Waals surface area contributed by atoms with Crippen molar-refractivity contribution in [1.82, 2.24) is 4.98 Å². The number of nitrogen functional groups attached to an aromatic ring is 1. The molecule has 3 nitrogen and oxygen atoms in total. The van der Waals surface area contributed by atoms with E-state index in [0.29, 0.717) is 27.7 Å². The third kappa shape index (κ3) is 1.95. The molecular formula is C16H13FN2O. The number of aromatic amines is 1. The summed E-state index contributed by atoms with van der Waals surface area (Å²) < 4.78 is 13.1. The van der Waals surface area contributed by atoms with Gasteiger partial charge in [0.2, 0.25) is 0 Å². The molecule has 20 heavy (non-hydrogen) atoms. The zero-order valence-electron chi connectivity index (χ0n) is 10.9. The van der Waals surface area contributed by atoms with Gasteiger partial charge in [0.05, 0.1) is 0 Å². The maximum Gasteiger partial charge on any atom is 0.195 e. The van der Waals surface area contributed by atoms with Gasteiger partial charge in [0.25, 0.3) is 0 Å². The molecule has 0 aliphatic rings. The number of halogens is 1. The summed E-state index contributed by atoms with van der Waals surface area (Å²) >= 11 is 0. The SMILES string of the molecule is Cc1ccc(C(=O)c2c[nH]c3cc(F)ccc23)cc1N. The van der Waals surface area contributed by atoms with Crippen LogP contribution in [0.15, 0.2) is 42.6 Å². The van der Waals surface area contributed by atoms with Gasteiger partial charge in [-0.05, 0) is 36.8 Å². The van der Waals surface area contributed by atoms with Gasteiger partial charge in [-0.3, -0.25) is 4.79 Å². The number of hydrogen-bond donors (Lipinski definition) is 2. The summed E-state index contributed by atoms with van der Waals surface area (Å²) in [7, 11) is 0. The Morgan fingerprint density at radius 2 is 2.00 bits per heavy atom. The molecule has 0 atom stereocenters. The first-order chi connectivity index (χ1) is 9.56. The number of carbonyl (C=O) groups is 1. The van der Waals surface area contributed by atoms with E-state index in [9.17, 15) is 9.18 Å². The molecule has 0 bridgehead atoms. The van der Waals surface area contributed by atoms with E-state index in [1.54, 1.807) is 24.4 Å². The second kappa shape index (κ2) is 4.49. The molecule has 0 amide bonds. The maximum absolute atomic E-state index is 13.1. The molecule has 3 aromatic rings. The van der Waals surface area contributed by atoms with Gasteiger partial charge in [-0.25, -0.2) is 4.39 Å². The van der Waals surface area contributed by atoms with Crippen LogP contribution in [0.1, 0.15) is 21.5 Å². The van der Waals surface area contributed by atoms with Gasteiger partial charge in [-0.15, -0.1) is 0 Å². The predicted molar refractivity (Wildman–Crippen MR) is 77.3 cm³/mol. The predicted octanol–water partition coefficient (Wildman–Crippen LogP) is 3.43. The van der Waals surface area contributed by atoms with Crippen LogP contribution in [-0.2, 0) is 0 Å². The molecule has 0 unspecified atom stereocenters. The van der Waals surface area contributed by atoms with Crippen LogP contribution in [0.5, 0.6) is 0 Å². The van der Waals surface area contributed by atoms with E-state index in [0.717, 1.165) is 5.56 Å². The fraction of sp³-hybridized carbons (Fsp3) is 0.0625. The highest BCUT2D eigenvalue weighted by atomic mass is 19.1. The van der Waals surface area contributed by atoms with Gasteiger partial charge >= 0.3 is 0 Å². The van der Waals surface area contributed by atoms with Crippen LogP contribution in [0.4, 0.5) is 10.1 Å². The number of ketones is 1. The van der Waals surface area contributed by atoms with Gasteiger partial charge in [-0.1, -0.05) is 12.1 Å². The van der Waals surface area contributed by atoms with Gasteiger partial charge in [0.15, 0.2) is 5.78 Å². The fourth-order valence-electron chi connectivity index (χ4n) is 2.22. The Hall–Kier alpha value is -2.62. The molecule has 0 saturated carbocycles. The Bertz CT molecular complexity index is 820. The molecule has 0 aliphatic heterocycles. The van der Waals surface area contributed by atoms with Crippen LogP contribution in [-0.4, -0.2) is 10.8 Å². The van der Waals surface area contributed by atoms with Crippen LogP contribution in [0.2, 0.25) is 0 Å². The number of nitrogens with one attached hydrogen (secondary N) is 1. The largest absolute Gasteiger partial charge is 0.398 e. The molecule has 4 heteroatoms. The zero-order chi connectivity index (χ0) is 14.3. The highest BCUT2D eigenvalue weighted by Crippen LogP contribution is 2.23. The molecule has 0 spiro atoms. The van der Waals surface area contributed by atoms with Crippen molar-refractivity contribution in [3.63, 3.8) is 0 Å². The lowest BCUT2D eigenvalue weighted by Crippen LogP contribution is -2.02. The summed E-state index contributed by atoms with van der Waals surface area (Å²) in [5, 5.41) is 0.704. The first-order valence-electron chi connectivity index (χ1n) is 6.24. The number of nitrogens with two attached hydrogens (primary N) is 1. The second-order valence-corrected chi connectivity index (χ2v) is 4.79. The summed E-state index contributed by atoms with van der Waals surface area (Å²) in [5.41, 5.74) is 9.00. The lowest BCUT2D eigenvalue weighted by Gasteiger charge is -2.04. The first kappa shape index (κ1) is 12.4. The minimum atomic E-state index is -0.335. The van der Waals surface area contributed by atoms with Crippen molar-refractivity contribution in [3.05, 3.63) is 65.1 Å². The molecule has 100 valence electrons. The van der Waals surface area contributed by atoms with Crippen LogP contribution in [0, 0.1) is 12.7 Å². The molecule has 3 N–H and O–H groups in total. The minimum Gasteiger partial charge on any atom is -0.398 e. The van der Waals surface area contributed by atoms with E-state index in [2.05, 4.69) is 4.98 Å². The van der Waals surface area contributed by atoms with E-state index in [4.69, 9.17) is 5.73 Å². The molecule has 1 aromatic heterocycles. The summed E-state index contributed by atoms with van der Waals surface area (Å²) in [4.78, 5) is 15.4. The normalized spacial score (nSPS) is 10.9. The first-order valence-corrected chi connectivity index (χ1v) is 6.24. The average Bonchev–Trinajstić information content (AvgIpc) is 2.84. The highest BCUT2D eigenvalue weighted by molar-refractivity contribution is 6.16. The molecular weight excluding hydrogens is 255 g/mol. The third-order valence-corrected chi connectivity index (χ3v) is 3.43. The van der Waals surface area contributed by atoms with E-state index in [1.165, 1.54) is 12.1 Å². The van der Waals surface area contributed by atoms with Crippen molar-refractivity contribution < 1.29 is 9.18 Å². The van der Waals surface area contributed by atoms with Crippen LogP contribution >= 0.6 is 0 Å². The second-order valence-electron chi connectivity index (χ2n) is 4.79. The number of anilines is 1. The maximum atomic E-state index is 13.1. The van der Waals surface area contributed by atoms with Crippen molar-refractivity contribution >= 4 is 22.4 Å². The van der Waals surface area contributed by atoms with Crippen LogP contribution in [0.3, 0.4) is 0 Å². The molecule has 0 radical (unpaired) electrons. The van der Waals surface area contributed by atoms with Gasteiger partial charge in [0.1, 0.15) is 5.82 Å². The molecule has 2 aromatic carbocycles. The van der Waals surface area contributed by atoms with E-state index in [-0.39, 0.29) is 11.6 Å². The Kier molecular flexibility index (Phi) is 2.79. The molecule has 1 heterocycles. The third-order valence-electron chi connectivity index (χ3n) is 3.43. The van der Waals surface area contributed by atoms with Gasteiger partial charge in [-0.2, -0.15) is 0 Å². The number of H-pyrrole nitrogens is 1. The highest BCUT2D eigenvalue weighted by Gasteiger charge is 2.15. The van der Waals surface area contributed by atoms with Crippen molar-refractivity contribution in [2.45, 2.75) is 6.92 Å². The minimum absolute atomic E-state index is 0.130. The van der Waals surface area contributed by atoms with E-state index in [1.807, 2.05) is 13.0 Å². The van der Waals surface area contributed by atoms with Crippen molar-refractivity contribution in [1.29, 1.82) is 0 Å². The van der Waals surface area contributed by atoms with Crippen molar-refractivity contribution in [2.75, 3.05) is 5.73 Å². The standard InChI is InChI=1S/C16H13FN2O/c1-9-2-3-10(6-14(9)18)16(20)13-8-19-15-7-11(17)4-5-12(13)15/h2-8,19H,18H2,1H3. The Morgan fingerprint density at radius 3 is 2.75 bits per heavy atom. The van der Waals surface area contributed by atoms with Crippen molar-refractivity contribution in [2.24, 2.45) is 0 Å². The number of rotatable bonds is 2. The monoisotopic (exact) mass is 268 g/mol. The quantitative estimate of drug-likeness (QED) is 0.552. The molecule has 0 saturated heterocycles. The number of fused-ring (bicyclic) bond motifs is 1. The summed E-state index contributed by atoms with van der Waals surface area (Å²) in [6.07, 6.45) is 1.60. The number of hydrogen-bond acceptors (Lipinski definition) is 2. The summed E-state index contributed by atoms with van der Waals surface area (Å²) in [5.74, 6) is -0.465. The number of aryl methyl sites for hydroxylation is 1. The fourth-order valence-corrected chi connectivity index (χ4v) is 2.22. The summed E-state index contributed by atoms with van der Waals surface area (Å²) in [6, 6.07) is 9.55.